The second-order valence-corrected chi connectivity index (χ2v) is 4.20. The maximum Gasteiger partial charge on any atom is 0.374 e. The van der Waals surface area contributed by atoms with Crippen LogP contribution in [0, 0.1) is 0 Å². The standard InChI is InChI=1S/C11H14N2O3/c1-6(2)16-9-5-8(7-3-4-7)12-10(13-9)11(14)15/h5-7H,3-4H2,1-2H3,(H,14,15). The molecule has 0 radical (unpaired) electrons. The fourth-order valence-electron chi connectivity index (χ4n) is 1.43. The highest BCUT2D eigenvalue weighted by Crippen LogP contribution is 2.39. The summed E-state index contributed by atoms with van der Waals surface area (Å²) < 4.78 is 5.41. The van der Waals surface area contributed by atoms with Crippen LogP contribution >= 0.6 is 0 Å². The second kappa shape index (κ2) is 4.08. The number of aromatic nitrogens is 2. The Morgan fingerprint density at radius 1 is 1.50 bits per heavy atom. The Hall–Kier alpha value is -1.65. The predicted molar refractivity (Wildman–Crippen MR) is 56.7 cm³/mol. The van der Waals surface area contributed by atoms with Crippen molar-refractivity contribution in [3.63, 3.8) is 0 Å². The maximum atomic E-state index is 10.9. The number of rotatable bonds is 4. The summed E-state index contributed by atoms with van der Waals surface area (Å²) in [5.74, 6) is -0.559. The van der Waals surface area contributed by atoms with E-state index < -0.39 is 5.97 Å². The molecule has 1 saturated carbocycles. The molecule has 2 rings (SSSR count). The zero-order chi connectivity index (χ0) is 11.7. The van der Waals surface area contributed by atoms with Crippen LogP contribution in [-0.2, 0) is 0 Å². The summed E-state index contributed by atoms with van der Waals surface area (Å²) in [6.45, 7) is 3.75. The third-order valence-electron chi connectivity index (χ3n) is 2.27. The van der Waals surface area contributed by atoms with Crippen molar-refractivity contribution in [2.24, 2.45) is 0 Å². The van der Waals surface area contributed by atoms with E-state index in [1.165, 1.54) is 0 Å². The van der Waals surface area contributed by atoms with E-state index in [2.05, 4.69) is 9.97 Å². The lowest BCUT2D eigenvalue weighted by Crippen LogP contribution is -2.12. The molecule has 86 valence electrons. The smallest absolute Gasteiger partial charge is 0.374 e. The van der Waals surface area contributed by atoms with Crippen molar-refractivity contribution < 1.29 is 14.6 Å². The summed E-state index contributed by atoms with van der Waals surface area (Å²) >= 11 is 0. The first-order valence-electron chi connectivity index (χ1n) is 5.35. The van der Waals surface area contributed by atoms with Gasteiger partial charge in [-0.2, -0.15) is 4.98 Å². The Morgan fingerprint density at radius 3 is 2.69 bits per heavy atom. The molecule has 16 heavy (non-hydrogen) atoms. The van der Waals surface area contributed by atoms with Crippen LogP contribution in [0.25, 0.3) is 0 Å². The van der Waals surface area contributed by atoms with Crippen molar-refractivity contribution >= 4 is 5.97 Å². The van der Waals surface area contributed by atoms with E-state index in [1.807, 2.05) is 13.8 Å². The molecule has 0 atom stereocenters. The molecule has 0 bridgehead atoms. The quantitative estimate of drug-likeness (QED) is 0.841. The number of hydrogen-bond acceptors (Lipinski definition) is 4. The molecule has 0 spiro atoms. The van der Waals surface area contributed by atoms with Gasteiger partial charge < -0.3 is 9.84 Å². The minimum Gasteiger partial charge on any atom is -0.475 e. The van der Waals surface area contributed by atoms with E-state index >= 15 is 0 Å². The van der Waals surface area contributed by atoms with E-state index in [1.54, 1.807) is 6.07 Å². The summed E-state index contributed by atoms with van der Waals surface area (Å²) in [6.07, 6.45) is 2.11. The van der Waals surface area contributed by atoms with Gasteiger partial charge in [0, 0.05) is 12.0 Å². The van der Waals surface area contributed by atoms with Gasteiger partial charge in [0.05, 0.1) is 11.8 Å². The highest BCUT2D eigenvalue weighted by Gasteiger charge is 2.27. The Balaban J connectivity index is 2.32. The van der Waals surface area contributed by atoms with E-state index in [4.69, 9.17) is 9.84 Å². The molecule has 0 unspecified atom stereocenters. The molecule has 1 aromatic heterocycles. The second-order valence-electron chi connectivity index (χ2n) is 4.20. The third kappa shape index (κ3) is 2.48. The van der Waals surface area contributed by atoms with Crippen LogP contribution in [-0.4, -0.2) is 27.1 Å². The van der Waals surface area contributed by atoms with Crippen LogP contribution < -0.4 is 4.74 Å². The SMILES string of the molecule is CC(C)Oc1cc(C2CC2)nc(C(=O)O)n1. The number of carboxylic acid groups (broad SMARTS) is 1. The average Bonchev–Trinajstić information content (AvgIpc) is 2.98. The van der Waals surface area contributed by atoms with Gasteiger partial charge in [-0.1, -0.05) is 0 Å². The van der Waals surface area contributed by atoms with Gasteiger partial charge in [0.15, 0.2) is 0 Å². The topological polar surface area (TPSA) is 72.3 Å². The molecule has 1 fully saturated rings. The molecule has 1 aromatic rings. The fourth-order valence-corrected chi connectivity index (χ4v) is 1.43. The van der Waals surface area contributed by atoms with Crippen molar-refractivity contribution in [1.29, 1.82) is 0 Å². The molecule has 0 amide bonds. The van der Waals surface area contributed by atoms with E-state index in [0.29, 0.717) is 11.8 Å². The Labute approximate surface area is 93.5 Å². The number of carbonyl (C=O) groups is 1. The molecule has 0 aliphatic heterocycles. The molecule has 5 nitrogen and oxygen atoms in total. The Kier molecular flexibility index (Phi) is 2.77. The first-order valence-corrected chi connectivity index (χ1v) is 5.35. The maximum absolute atomic E-state index is 10.9. The molecular weight excluding hydrogens is 208 g/mol. The van der Waals surface area contributed by atoms with Crippen molar-refractivity contribution in [1.82, 2.24) is 9.97 Å². The Bertz CT molecular complexity index is 414. The molecule has 1 N–H and O–H groups in total. The molecular formula is C11H14N2O3. The van der Waals surface area contributed by atoms with Gasteiger partial charge in [-0.25, -0.2) is 9.78 Å². The Morgan fingerprint density at radius 2 is 2.19 bits per heavy atom. The van der Waals surface area contributed by atoms with Crippen LogP contribution in [0.3, 0.4) is 0 Å². The summed E-state index contributed by atoms with van der Waals surface area (Å²) in [6, 6.07) is 1.74. The lowest BCUT2D eigenvalue weighted by molar-refractivity contribution is 0.0680. The molecule has 1 aliphatic carbocycles. The van der Waals surface area contributed by atoms with Crippen molar-refractivity contribution in [2.45, 2.75) is 38.7 Å². The molecule has 0 aromatic carbocycles. The minimum absolute atomic E-state index is 0.0244. The average molecular weight is 222 g/mol. The van der Waals surface area contributed by atoms with Gasteiger partial charge in [-0.05, 0) is 26.7 Å². The highest BCUT2D eigenvalue weighted by molar-refractivity contribution is 5.83. The first-order chi connectivity index (χ1) is 7.56. The van der Waals surface area contributed by atoms with E-state index in [-0.39, 0.29) is 11.9 Å². The van der Waals surface area contributed by atoms with Crippen LogP contribution in [0.2, 0.25) is 0 Å². The van der Waals surface area contributed by atoms with Gasteiger partial charge in [-0.3, -0.25) is 0 Å². The largest absolute Gasteiger partial charge is 0.475 e. The zero-order valence-corrected chi connectivity index (χ0v) is 9.30. The summed E-state index contributed by atoms with van der Waals surface area (Å²) in [5.41, 5.74) is 0.781. The van der Waals surface area contributed by atoms with Crippen LogP contribution in [0.5, 0.6) is 5.88 Å². The van der Waals surface area contributed by atoms with Crippen LogP contribution in [0.4, 0.5) is 0 Å². The highest BCUT2D eigenvalue weighted by atomic mass is 16.5. The lowest BCUT2D eigenvalue weighted by Gasteiger charge is -2.10. The fraction of sp³-hybridized carbons (Fsp3) is 0.545. The van der Waals surface area contributed by atoms with Crippen LogP contribution in [0.1, 0.15) is 48.9 Å². The molecule has 5 heteroatoms. The number of hydrogen-bond donors (Lipinski definition) is 1. The van der Waals surface area contributed by atoms with Gasteiger partial charge >= 0.3 is 5.97 Å². The van der Waals surface area contributed by atoms with Gasteiger partial charge in [0.25, 0.3) is 0 Å². The third-order valence-corrected chi connectivity index (χ3v) is 2.27. The number of nitrogens with zero attached hydrogens (tertiary/aromatic N) is 2. The normalized spacial score (nSPS) is 15.2. The minimum atomic E-state index is -1.11. The molecule has 1 aliphatic rings. The van der Waals surface area contributed by atoms with Gasteiger partial charge in [0.2, 0.25) is 11.7 Å². The number of ether oxygens (including phenoxy) is 1. The number of aromatic carboxylic acids is 1. The monoisotopic (exact) mass is 222 g/mol. The van der Waals surface area contributed by atoms with E-state index in [0.717, 1.165) is 18.5 Å². The molecule has 0 saturated heterocycles. The van der Waals surface area contributed by atoms with Gasteiger partial charge in [0.1, 0.15) is 0 Å². The summed E-state index contributed by atoms with van der Waals surface area (Å²) in [7, 11) is 0. The predicted octanol–water partition coefficient (Wildman–Crippen LogP) is 1.84. The van der Waals surface area contributed by atoms with Crippen molar-refractivity contribution in [3.8, 4) is 5.88 Å². The van der Waals surface area contributed by atoms with E-state index in [9.17, 15) is 4.79 Å². The summed E-state index contributed by atoms with van der Waals surface area (Å²) in [4.78, 5) is 18.7. The zero-order valence-electron chi connectivity index (χ0n) is 9.30. The van der Waals surface area contributed by atoms with Crippen LogP contribution in [0.15, 0.2) is 6.07 Å². The first kappa shape index (κ1) is 10.9. The summed E-state index contributed by atoms with van der Waals surface area (Å²) in [5, 5.41) is 8.89. The van der Waals surface area contributed by atoms with Gasteiger partial charge in [-0.15, -0.1) is 0 Å². The van der Waals surface area contributed by atoms with Crippen molar-refractivity contribution in [2.75, 3.05) is 0 Å². The lowest BCUT2D eigenvalue weighted by atomic mass is 10.3. The number of carboxylic acids is 1. The molecule has 1 heterocycles. The van der Waals surface area contributed by atoms with Crippen molar-refractivity contribution in [3.05, 3.63) is 17.6 Å².